The summed E-state index contributed by atoms with van der Waals surface area (Å²) in [6, 6.07) is 90.7. The van der Waals surface area contributed by atoms with E-state index in [1.165, 1.54) is 65.6 Å². The van der Waals surface area contributed by atoms with E-state index in [9.17, 15) is 0 Å². The summed E-state index contributed by atoms with van der Waals surface area (Å²) >= 11 is 0. The summed E-state index contributed by atoms with van der Waals surface area (Å²) in [4.78, 5) is 4.74. The Morgan fingerprint density at radius 3 is 1.24 bits per heavy atom. The molecule has 11 aromatic carbocycles. The standard InChI is InChI=1S/C64H47N3/c1-44-26-35-53(36-27-44)65(50-16-6-3-7-17-50)55-40-49(41-56(43-55)66(51-18-8-4-9-19-51)54-37-28-45(2)29-38-54)47-32-30-46(31-33-47)48-34-39-62-61(42-48)63-59-24-14-12-22-57(59)58-23-13-15-25-60(58)64(63)67(62)52-20-10-5-11-21-52/h3-43H,1-2H3. The highest BCUT2D eigenvalue weighted by molar-refractivity contribution is 6.32. The van der Waals surface area contributed by atoms with E-state index >= 15 is 0 Å². The van der Waals surface area contributed by atoms with Gasteiger partial charge in [-0.05, 0) is 143 Å². The fourth-order valence-corrected chi connectivity index (χ4v) is 10.0. The molecule has 0 bridgehead atoms. The van der Waals surface area contributed by atoms with Crippen molar-refractivity contribution in [2.75, 3.05) is 9.80 Å². The van der Waals surface area contributed by atoms with E-state index in [-0.39, 0.29) is 0 Å². The second kappa shape index (κ2) is 16.7. The normalized spacial score (nSPS) is 11.4. The molecule has 3 nitrogen and oxygen atoms in total. The van der Waals surface area contributed by atoms with Gasteiger partial charge in [0.2, 0.25) is 0 Å². The van der Waals surface area contributed by atoms with Gasteiger partial charge in [-0.3, -0.25) is 0 Å². The number of nitrogens with zero attached hydrogens (tertiary/aromatic N) is 3. The summed E-state index contributed by atoms with van der Waals surface area (Å²) in [5.41, 5.74) is 17.2. The van der Waals surface area contributed by atoms with E-state index in [1.54, 1.807) is 0 Å². The molecule has 318 valence electrons. The van der Waals surface area contributed by atoms with Crippen molar-refractivity contribution >= 4 is 77.5 Å². The molecular formula is C64H47N3. The number of para-hydroxylation sites is 3. The van der Waals surface area contributed by atoms with Gasteiger partial charge in [-0.15, -0.1) is 0 Å². The average Bonchev–Trinajstić information content (AvgIpc) is 3.74. The maximum Gasteiger partial charge on any atom is 0.0625 e. The van der Waals surface area contributed by atoms with Gasteiger partial charge < -0.3 is 14.4 Å². The number of aromatic nitrogens is 1. The monoisotopic (exact) mass is 857 g/mol. The Morgan fingerprint density at radius 2 is 0.701 bits per heavy atom. The van der Waals surface area contributed by atoms with Crippen molar-refractivity contribution in [2.45, 2.75) is 13.8 Å². The van der Waals surface area contributed by atoms with Crippen LogP contribution in [0.4, 0.5) is 34.1 Å². The van der Waals surface area contributed by atoms with Crippen LogP contribution in [0.25, 0.3) is 71.3 Å². The van der Waals surface area contributed by atoms with E-state index in [4.69, 9.17) is 0 Å². The van der Waals surface area contributed by atoms with Crippen LogP contribution in [0.15, 0.2) is 249 Å². The molecule has 0 radical (unpaired) electrons. The van der Waals surface area contributed by atoms with Gasteiger partial charge in [-0.1, -0.05) is 169 Å². The predicted octanol–water partition coefficient (Wildman–Crippen LogP) is 18.0. The zero-order chi connectivity index (χ0) is 44.8. The molecule has 0 saturated carbocycles. The number of rotatable bonds is 9. The van der Waals surface area contributed by atoms with Gasteiger partial charge in [0.25, 0.3) is 0 Å². The molecule has 12 aromatic rings. The van der Waals surface area contributed by atoms with Crippen molar-refractivity contribution < 1.29 is 0 Å². The molecule has 1 aromatic heterocycles. The third kappa shape index (κ3) is 7.18. The molecule has 3 heteroatoms. The molecular weight excluding hydrogens is 811 g/mol. The van der Waals surface area contributed by atoms with Crippen molar-refractivity contribution in [2.24, 2.45) is 0 Å². The summed E-state index contributed by atoms with van der Waals surface area (Å²) in [6.45, 7) is 4.28. The van der Waals surface area contributed by atoms with Gasteiger partial charge >= 0.3 is 0 Å². The van der Waals surface area contributed by atoms with E-state index in [2.05, 4.69) is 277 Å². The molecule has 0 unspecified atom stereocenters. The lowest BCUT2D eigenvalue weighted by Gasteiger charge is -2.30. The average molecular weight is 858 g/mol. The first-order chi connectivity index (χ1) is 33.1. The van der Waals surface area contributed by atoms with Crippen LogP contribution in [0.1, 0.15) is 11.1 Å². The number of benzene rings is 11. The maximum atomic E-state index is 2.46. The first-order valence-corrected chi connectivity index (χ1v) is 23.1. The first-order valence-electron chi connectivity index (χ1n) is 23.1. The first kappa shape index (κ1) is 39.9. The summed E-state index contributed by atoms with van der Waals surface area (Å²) < 4.78 is 2.46. The van der Waals surface area contributed by atoms with E-state index in [1.807, 2.05) is 0 Å². The molecule has 0 atom stereocenters. The van der Waals surface area contributed by atoms with E-state index in [0.29, 0.717) is 0 Å². The highest BCUT2D eigenvalue weighted by Crippen LogP contribution is 2.46. The highest BCUT2D eigenvalue weighted by Gasteiger charge is 2.22. The summed E-state index contributed by atoms with van der Waals surface area (Å²) in [5, 5.41) is 7.59. The van der Waals surface area contributed by atoms with E-state index < -0.39 is 0 Å². The van der Waals surface area contributed by atoms with Gasteiger partial charge in [-0.2, -0.15) is 0 Å². The largest absolute Gasteiger partial charge is 0.310 e. The van der Waals surface area contributed by atoms with Crippen molar-refractivity contribution in [1.82, 2.24) is 4.57 Å². The van der Waals surface area contributed by atoms with Gasteiger partial charge in [-0.25, -0.2) is 0 Å². The lowest BCUT2D eigenvalue weighted by atomic mass is 9.95. The molecule has 0 N–H and O–H groups in total. The summed E-state index contributed by atoms with van der Waals surface area (Å²) in [6.07, 6.45) is 0. The minimum absolute atomic E-state index is 1.07. The predicted molar refractivity (Wildman–Crippen MR) is 286 cm³/mol. The Hall–Kier alpha value is -8.66. The zero-order valence-electron chi connectivity index (χ0n) is 37.5. The Labute approximate surface area is 391 Å². The van der Waals surface area contributed by atoms with Crippen LogP contribution in [-0.4, -0.2) is 4.57 Å². The molecule has 0 fully saturated rings. The quantitative estimate of drug-likeness (QED) is 0.134. The zero-order valence-corrected chi connectivity index (χ0v) is 37.5. The third-order valence-corrected chi connectivity index (χ3v) is 13.2. The van der Waals surface area contributed by atoms with Crippen LogP contribution < -0.4 is 9.80 Å². The fraction of sp³-hybridized carbons (Fsp3) is 0.0312. The SMILES string of the molecule is Cc1ccc(N(c2ccccc2)c2cc(-c3ccc(-c4ccc5c(c4)c4c6ccccc6c6ccccc6c4n5-c4ccccc4)cc3)cc(N(c3ccccc3)c3ccc(C)cc3)c2)cc1. The van der Waals surface area contributed by atoms with Crippen LogP contribution in [0.2, 0.25) is 0 Å². The number of hydrogen-bond donors (Lipinski definition) is 0. The van der Waals surface area contributed by atoms with Crippen molar-refractivity contribution in [3.8, 4) is 27.9 Å². The minimum Gasteiger partial charge on any atom is -0.310 e. The molecule has 0 amide bonds. The Bertz CT molecular complexity index is 3620. The van der Waals surface area contributed by atoms with Gasteiger partial charge in [0.15, 0.2) is 0 Å². The van der Waals surface area contributed by atoms with Crippen molar-refractivity contribution in [3.05, 3.63) is 260 Å². The molecule has 0 saturated heterocycles. The summed E-state index contributed by atoms with van der Waals surface area (Å²) in [7, 11) is 0. The lowest BCUT2D eigenvalue weighted by molar-refractivity contribution is 1.19. The highest BCUT2D eigenvalue weighted by atomic mass is 15.2. The van der Waals surface area contributed by atoms with Gasteiger partial charge in [0.1, 0.15) is 0 Å². The van der Waals surface area contributed by atoms with Crippen LogP contribution in [0, 0.1) is 13.8 Å². The molecule has 0 aliphatic carbocycles. The Morgan fingerprint density at radius 1 is 0.284 bits per heavy atom. The smallest absolute Gasteiger partial charge is 0.0625 e. The molecule has 0 aliphatic rings. The van der Waals surface area contributed by atoms with E-state index in [0.717, 1.165) is 50.9 Å². The Balaban J connectivity index is 1.04. The van der Waals surface area contributed by atoms with Crippen LogP contribution in [0.5, 0.6) is 0 Å². The van der Waals surface area contributed by atoms with Crippen LogP contribution in [-0.2, 0) is 0 Å². The van der Waals surface area contributed by atoms with Gasteiger partial charge in [0.05, 0.1) is 11.0 Å². The number of anilines is 6. The van der Waals surface area contributed by atoms with Crippen LogP contribution in [0.3, 0.4) is 0 Å². The van der Waals surface area contributed by atoms with Gasteiger partial charge in [0, 0.05) is 56.0 Å². The van der Waals surface area contributed by atoms with Crippen LogP contribution >= 0.6 is 0 Å². The second-order valence-electron chi connectivity index (χ2n) is 17.5. The van der Waals surface area contributed by atoms with Crippen molar-refractivity contribution in [1.29, 1.82) is 0 Å². The molecule has 1 heterocycles. The molecule has 0 spiro atoms. The maximum absolute atomic E-state index is 2.46. The Kier molecular flexibility index (Phi) is 9.95. The third-order valence-electron chi connectivity index (χ3n) is 13.2. The minimum atomic E-state index is 1.07. The molecule has 67 heavy (non-hydrogen) atoms. The molecule has 0 aliphatic heterocycles. The van der Waals surface area contributed by atoms with Crippen molar-refractivity contribution in [3.63, 3.8) is 0 Å². The number of fused-ring (bicyclic) bond motifs is 8. The molecule has 12 rings (SSSR count). The summed E-state index contributed by atoms with van der Waals surface area (Å²) in [5.74, 6) is 0. The second-order valence-corrected chi connectivity index (χ2v) is 17.5. The lowest BCUT2D eigenvalue weighted by Crippen LogP contribution is -2.13. The topological polar surface area (TPSA) is 11.4 Å². The number of hydrogen-bond acceptors (Lipinski definition) is 2. The fourth-order valence-electron chi connectivity index (χ4n) is 10.0. The number of aryl methyl sites for hydroxylation is 2.